The highest BCUT2D eigenvalue weighted by molar-refractivity contribution is 7.90. The van der Waals surface area contributed by atoms with Crippen LogP contribution in [0.15, 0.2) is 0 Å². The first kappa shape index (κ1) is 11.5. The fourth-order valence-corrected chi connectivity index (χ4v) is 2.80. The Morgan fingerprint density at radius 2 is 2.07 bits per heavy atom. The Balaban J connectivity index is 2.83. The number of hydrogen-bond donors (Lipinski definition) is 1. The number of nitrogens with zero attached hydrogens (tertiary/aromatic N) is 1. The summed E-state index contributed by atoms with van der Waals surface area (Å²) in [5.41, 5.74) is -0.382. The standard InChI is InChI=1S/C8H16N2O3S/c1-8(2,9-3)6-10-7(11)4-5-14(10,12)13/h9H,4-6H2,1-3H3. The molecule has 0 aromatic heterocycles. The summed E-state index contributed by atoms with van der Waals surface area (Å²) in [7, 11) is -1.59. The van der Waals surface area contributed by atoms with E-state index in [9.17, 15) is 13.2 Å². The largest absolute Gasteiger partial charge is 0.313 e. The van der Waals surface area contributed by atoms with Crippen LogP contribution in [0.5, 0.6) is 0 Å². The molecule has 1 aliphatic rings. The first-order chi connectivity index (χ1) is 6.28. The molecule has 1 amide bonds. The van der Waals surface area contributed by atoms with Crippen molar-refractivity contribution in [2.75, 3.05) is 19.3 Å². The van der Waals surface area contributed by atoms with E-state index in [1.165, 1.54) is 0 Å². The Kier molecular flexibility index (Phi) is 2.87. The van der Waals surface area contributed by atoms with Crippen molar-refractivity contribution in [1.29, 1.82) is 0 Å². The minimum Gasteiger partial charge on any atom is -0.313 e. The molecule has 0 aromatic carbocycles. The predicted octanol–water partition coefficient (Wildman–Crippen LogP) is -0.454. The van der Waals surface area contributed by atoms with Crippen molar-refractivity contribution in [3.8, 4) is 0 Å². The molecule has 1 rings (SSSR count). The number of rotatable bonds is 3. The fourth-order valence-electron chi connectivity index (χ4n) is 1.23. The van der Waals surface area contributed by atoms with Crippen LogP contribution in [0.2, 0.25) is 0 Å². The molecular formula is C8H16N2O3S. The van der Waals surface area contributed by atoms with Gasteiger partial charge in [0.1, 0.15) is 0 Å². The molecule has 0 unspecified atom stereocenters. The van der Waals surface area contributed by atoms with Gasteiger partial charge in [0, 0.05) is 12.0 Å². The molecule has 82 valence electrons. The van der Waals surface area contributed by atoms with E-state index in [0.29, 0.717) is 0 Å². The van der Waals surface area contributed by atoms with Crippen LogP contribution in [-0.2, 0) is 14.8 Å². The molecule has 0 aliphatic carbocycles. The van der Waals surface area contributed by atoms with Gasteiger partial charge in [0.25, 0.3) is 0 Å². The van der Waals surface area contributed by atoms with Gasteiger partial charge < -0.3 is 5.32 Å². The molecule has 0 bridgehead atoms. The summed E-state index contributed by atoms with van der Waals surface area (Å²) in [6.07, 6.45) is 0.113. The Morgan fingerprint density at radius 3 is 2.43 bits per heavy atom. The number of hydrogen-bond acceptors (Lipinski definition) is 4. The van der Waals surface area contributed by atoms with E-state index in [2.05, 4.69) is 5.32 Å². The lowest BCUT2D eigenvalue weighted by atomic mass is 10.1. The zero-order valence-corrected chi connectivity index (χ0v) is 9.52. The van der Waals surface area contributed by atoms with Gasteiger partial charge in [0.15, 0.2) is 0 Å². The third kappa shape index (κ3) is 2.24. The molecule has 14 heavy (non-hydrogen) atoms. The molecule has 1 aliphatic heterocycles. The number of nitrogens with one attached hydrogen (secondary N) is 1. The molecule has 0 atom stereocenters. The lowest BCUT2D eigenvalue weighted by Gasteiger charge is -2.28. The van der Waals surface area contributed by atoms with Crippen LogP contribution in [-0.4, -0.2) is 43.5 Å². The van der Waals surface area contributed by atoms with Crippen molar-refractivity contribution >= 4 is 15.9 Å². The van der Waals surface area contributed by atoms with Crippen molar-refractivity contribution in [1.82, 2.24) is 9.62 Å². The predicted molar refractivity (Wildman–Crippen MR) is 53.3 cm³/mol. The van der Waals surface area contributed by atoms with Crippen LogP contribution in [0.4, 0.5) is 0 Å². The summed E-state index contributed by atoms with van der Waals surface area (Å²) in [5, 5.41) is 2.97. The van der Waals surface area contributed by atoms with Gasteiger partial charge in [-0.3, -0.25) is 4.79 Å². The van der Waals surface area contributed by atoms with Gasteiger partial charge in [0.2, 0.25) is 15.9 Å². The quantitative estimate of drug-likeness (QED) is 0.699. The van der Waals surface area contributed by atoms with Crippen LogP contribution in [0.1, 0.15) is 20.3 Å². The fraction of sp³-hybridized carbons (Fsp3) is 0.875. The van der Waals surface area contributed by atoms with E-state index in [1.54, 1.807) is 7.05 Å². The highest BCUT2D eigenvalue weighted by atomic mass is 32.2. The minimum absolute atomic E-state index is 0.0500. The molecule has 0 radical (unpaired) electrons. The molecule has 1 fully saturated rings. The molecule has 1 heterocycles. The van der Waals surface area contributed by atoms with Crippen LogP contribution < -0.4 is 5.32 Å². The first-order valence-corrected chi connectivity index (χ1v) is 6.11. The van der Waals surface area contributed by atoms with E-state index < -0.39 is 10.0 Å². The SMILES string of the molecule is CNC(C)(C)CN1C(=O)CCS1(=O)=O. The van der Waals surface area contributed by atoms with Gasteiger partial charge in [0.05, 0.1) is 12.3 Å². The Bertz CT molecular complexity index is 334. The van der Waals surface area contributed by atoms with Gasteiger partial charge in [-0.05, 0) is 20.9 Å². The second-order valence-electron chi connectivity index (χ2n) is 4.10. The average molecular weight is 220 g/mol. The third-order valence-electron chi connectivity index (χ3n) is 2.40. The number of carbonyl (C=O) groups is 1. The highest BCUT2D eigenvalue weighted by Gasteiger charge is 2.37. The maximum atomic E-state index is 11.4. The molecule has 0 spiro atoms. The Labute approximate surface area is 84.5 Å². The molecule has 1 saturated heterocycles. The highest BCUT2D eigenvalue weighted by Crippen LogP contribution is 2.18. The summed E-state index contributed by atoms with van der Waals surface area (Å²) in [6, 6.07) is 0. The van der Waals surface area contributed by atoms with E-state index >= 15 is 0 Å². The number of carbonyl (C=O) groups excluding carboxylic acids is 1. The molecule has 6 heteroatoms. The zero-order chi connectivity index (χ0) is 11.0. The number of sulfonamides is 1. The van der Waals surface area contributed by atoms with Gasteiger partial charge in [-0.15, -0.1) is 0 Å². The first-order valence-electron chi connectivity index (χ1n) is 4.51. The van der Waals surface area contributed by atoms with E-state index in [1.807, 2.05) is 13.8 Å². The lowest BCUT2D eigenvalue weighted by Crippen LogP contribution is -2.49. The van der Waals surface area contributed by atoms with E-state index in [-0.39, 0.29) is 30.2 Å². The summed E-state index contributed by atoms with van der Waals surface area (Å²) in [4.78, 5) is 11.3. The summed E-state index contributed by atoms with van der Waals surface area (Å²) in [5.74, 6) is -0.348. The monoisotopic (exact) mass is 220 g/mol. The Hall–Kier alpha value is -0.620. The summed E-state index contributed by atoms with van der Waals surface area (Å²) < 4.78 is 23.9. The summed E-state index contributed by atoms with van der Waals surface area (Å²) in [6.45, 7) is 3.91. The van der Waals surface area contributed by atoms with Crippen LogP contribution in [0.3, 0.4) is 0 Å². The number of likely N-dealkylation sites (N-methyl/N-ethyl adjacent to an activating group) is 1. The molecular weight excluding hydrogens is 204 g/mol. The van der Waals surface area contributed by atoms with Gasteiger partial charge in [-0.1, -0.05) is 0 Å². The molecule has 0 aromatic rings. The van der Waals surface area contributed by atoms with E-state index in [0.717, 1.165) is 4.31 Å². The average Bonchev–Trinajstić information content (AvgIpc) is 2.32. The number of amides is 1. The van der Waals surface area contributed by atoms with Crippen molar-refractivity contribution in [2.45, 2.75) is 25.8 Å². The smallest absolute Gasteiger partial charge is 0.237 e. The maximum Gasteiger partial charge on any atom is 0.237 e. The van der Waals surface area contributed by atoms with Crippen molar-refractivity contribution in [2.24, 2.45) is 0 Å². The Morgan fingerprint density at radius 1 is 1.50 bits per heavy atom. The van der Waals surface area contributed by atoms with Crippen molar-refractivity contribution in [3.63, 3.8) is 0 Å². The third-order valence-corrected chi connectivity index (χ3v) is 4.13. The van der Waals surface area contributed by atoms with Crippen LogP contribution in [0, 0.1) is 0 Å². The van der Waals surface area contributed by atoms with Gasteiger partial charge in [-0.25, -0.2) is 12.7 Å². The topological polar surface area (TPSA) is 66.5 Å². The van der Waals surface area contributed by atoms with Crippen LogP contribution in [0.25, 0.3) is 0 Å². The lowest BCUT2D eigenvalue weighted by molar-refractivity contribution is -0.125. The maximum absolute atomic E-state index is 11.4. The zero-order valence-electron chi connectivity index (χ0n) is 8.70. The van der Waals surface area contributed by atoms with Crippen molar-refractivity contribution < 1.29 is 13.2 Å². The second kappa shape index (κ2) is 3.51. The normalized spacial score (nSPS) is 21.6. The molecule has 5 nitrogen and oxygen atoms in total. The minimum atomic E-state index is -3.34. The molecule has 0 saturated carbocycles. The van der Waals surface area contributed by atoms with Crippen LogP contribution >= 0.6 is 0 Å². The van der Waals surface area contributed by atoms with E-state index in [4.69, 9.17) is 0 Å². The molecule has 1 N–H and O–H groups in total. The van der Waals surface area contributed by atoms with Gasteiger partial charge >= 0.3 is 0 Å². The van der Waals surface area contributed by atoms with Crippen molar-refractivity contribution in [3.05, 3.63) is 0 Å². The summed E-state index contributed by atoms with van der Waals surface area (Å²) >= 11 is 0. The second-order valence-corrected chi connectivity index (χ2v) is 6.11. The van der Waals surface area contributed by atoms with Gasteiger partial charge in [-0.2, -0.15) is 0 Å².